The molecule has 0 unspecified atom stereocenters. The molecule has 0 saturated carbocycles. The van der Waals surface area contributed by atoms with Crippen molar-refractivity contribution in [1.29, 1.82) is 0 Å². The molecule has 1 aliphatic heterocycles. The molecule has 0 fully saturated rings. The van der Waals surface area contributed by atoms with Crippen LogP contribution in [0.4, 0.5) is 5.69 Å². The monoisotopic (exact) mass is 462 g/mol. The summed E-state index contributed by atoms with van der Waals surface area (Å²) in [5.41, 5.74) is 1.44. The minimum atomic E-state index is -0.364. The third kappa shape index (κ3) is 5.45. The van der Waals surface area contributed by atoms with E-state index in [0.717, 1.165) is 5.56 Å². The molecule has 1 heterocycles. The normalized spacial score (nSPS) is 13.3. The minimum Gasteiger partial charge on any atom is -0.496 e. The fourth-order valence-corrected chi connectivity index (χ4v) is 4.05. The van der Waals surface area contributed by atoms with Gasteiger partial charge < -0.3 is 24.8 Å². The molecule has 0 bridgehead atoms. The molecule has 0 aromatic heterocycles. The van der Waals surface area contributed by atoms with Crippen LogP contribution in [0.3, 0.4) is 0 Å². The van der Waals surface area contributed by atoms with Crippen molar-refractivity contribution in [1.82, 2.24) is 5.32 Å². The van der Waals surface area contributed by atoms with Crippen molar-refractivity contribution < 1.29 is 23.8 Å². The summed E-state index contributed by atoms with van der Waals surface area (Å²) in [6, 6.07) is 10.4. The summed E-state index contributed by atoms with van der Waals surface area (Å²) in [6.07, 6.45) is 0. The lowest BCUT2D eigenvalue weighted by atomic mass is 10.1. The number of hydrogen-bond donors (Lipinski definition) is 2. The van der Waals surface area contributed by atoms with Crippen LogP contribution < -0.4 is 20.1 Å². The van der Waals surface area contributed by atoms with Crippen LogP contribution in [-0.4, -0.2) is 38.4 Å². The van der Waals surface area contributed by atoms with E-state index in [0.29, 0.717) is 34.5 Å². The summed E-state index contributed by atoms with van der Waals surface area (Å²) in [7, 11) is 3.02. The lowest BCUT2D eigenvalue weighted by Gasteiger charge is -2.19. The number of halogens is 1. The zero-order valence-electron chi connectivity index (χ0n) is 17.4. The van der Waals surface area contributed by atoms with Crippen molar-refractivity contribution >= 4 is 40.9 Å². The Morgan fingerprint density at radius 3 is 2.58 bits per heavy atom. The van der Waals surface area contributed by atoms with Crippen molar-refractivity contribution in [2.24, 2.45) is 0 Å². The van der Waals surface area contributed by atoms with Gasteiger partial charge in [0.15, 0.2) is 0 Å². The highest BCUT2D eigenvalue weighted by Gasteiger charge is 2.22. The van der Waals surface area contributed by atoms with E-state index < -0.39 is 0 Å². The first kappa shape index (κ1) is 22.8. The highest BCUT2D eigenvalue weighted by molar-refractivity contribution is 8.04. The van der Waals surface area contributed by atoms with Crippen molar-refractivity contribution in [3.63, 3.8) is 0 Å². The van der Waals surface area contributed by atoms with E-state index in [4.69, 9.17) is 25.8 Å². The average Bonchev–Trinajstić information content (AvgIpc) is 2.78. The third-order valence-corrected chi connectivity index (χ3v) is 6.03. The van der Waals surface area contributed by atoms with Gasteiger partial charge in [-0.1, -0.05) is 29.8 Å². The molecule has 2 N–H and O–H groups in total. The zero-order chi connectivity index (χ0) is 22.4. The summed E-state index contributed by atoms with van der Waals surface area (Å²) < 4.78 is 16.1. The van der Waals surface area contributed by atoms with Gasteiger partial charge in [0.05, 0.1) is 37.1 Å². The maximum Gasteiger partial charge on any atom is 0.265 e. The number of carbonyl (C=O) groups is 2. The molecule has 0 radical (unpaired) electrons. The van der Waals surface area contributed by atoms with Gasteiger partial charge in [0, 0.05) is 23.9 Å². The smallest absolute Gasteiger partial charge is 0.265 e. The molecule has 7 nitrogen and oxygen atoms in total. The molecule has 2 aromatic carbocycles. The van der Waals surface area contributed by atoms with E-state index in [2.05, 4.69) is 10.6 Å². The first-order valence-electron chi connectivity index (χ1n) is 9.50. The maximum absolute atomic E-state index is 12.8. The summed E-state index contributed by atoms with van der Waals surface area (Å²) in [5.74, 6) is 1.55. The standard InChI is InChI=1S/C22H23ClN2O5S/c1-13-20(31-9-8-30-13)22(27)25-17-11-19(29-3)15(10-16(17)23)21(26)24-12-14-6-4-5-7-18(14)28-2/h4-7,10-11H,8-9,12H2,1-3H3,(H,24,26)(H,25,27). The lowest BCUT2D eigenvalue weighted by molar-refractivity contribution is -0.112. The number of anilines is 1. The van der Waals surface area contributed by atoms with E-state index in [1.54, 1.807) is 14.0 Å². The molecule has 3 rings (SSSR count). The summed E-state index contributed by atoms with van der Waals surface area (Å²) in [4.78, 5) is 25.9. The molecule has 0 aliphatic carbocycles. The molecule has 0 saturated heterocycles. The van der Waals surface area contributed by atoms with E-state index in [1.165, 1.54) is 31.0 Å². The van der Waals surface area contributed by atoms with E-state index in [1.807, 2.05) is 24.3 Å². The maximum atomic E-state index is 12.8. The topological polar surface area (TPSA) is 85.9 Å². The van der Waals surface area contributed by atoms with Crippen LogP contribution in [0, 0.1) is 0 Å². The highest BCUT2D eigenvalue weighted by Crippen LogP contribution is 2.33. The predicted octanol–water partition coefficient (Wildman–Crippen LogP) is 4.22. The number of methoxy groups -OCH3 is 2. The van der Waals surface area contributed by atoms with E-state index in [9.17, 15) is 9.59 Å². The van der Waals surface area contributed by atoms with Gasteiger partial charge in [-0.2, -0.15) is 0 Å². The first-order valence-corrected chi connectivity index (χ1v) is 10.9. The van der Waals surface area contributed by atoms with Crippen molar-refractivity contribution in [2.45, 2.75) is 13.5 Å². The van der Waals surface area contributed by atoms with E-state index >= 15 is 0 Å². The lowest BCUT2D eigenvalue weighted by Crippen LogP contribution is -2.24. The third-order valence-electron chi connectivity index (χ3n) is 4.59. The fraction of sp³-hybridized carbons (Fsp3) is 0.273. The number of carbonyl (C=O) groups excluding carboxylic acids is 2. The Morgan fingerprint density at radius 1 is 1.13 bits per heavy atom. The average molecular weight is 463 g/mol. The first-order chi connectivity index (χ1) is 14.9. The number of ether oxygens (including phenoxy) is 3. The summed E-state index contributed by atoms with van der Waals surface area (Å²) in [6.45, 7) is 2.59. The number of nitrogens with one attached hydrogen (secondary N) is 2. The Labute approximate surface area is 190 Å². The molecule has 0 atom stereocenters. The van der Waals surface area contributed by atoms with Gasteiger partial charge in [-0.25, -0.2) is 0 Å². The summed E-state index contributed by atoms with van der Waals surface area (Å²) in [5, 5.41) is 5.82. The Hall–Kier alpha value is -2.84. The van der Waals surface area contributed by atoms with Gasteiger partial charge in [-0.05, 0) is 19.1 Å². The summed E-state index contributed by atoms with van der Waals surface area (Å²) >= 11 is 7.79. The van der Waals surface area contributed by atoms with Crippen LogP contribution in [0.15, 0.2) is 47.1 Å². The molecule has 164 valence electrons. The van der Waals surface area contributed by atoms with Crippen LogP contribution in [0.25, 0.3) is 0 Å². The number of allylic oxidation sites excluding steroid dienone is 1. The van der Waals surface area contributed by atoms with Gasteiger partial charge in [-0.3, -0.25) is 9.59 Å². The van der Waals surface area contributed by atoms with Crippen molar-refractivity contribution in [3.05, 3.63) is 63.2 Å². The van der Waals surface area contributed by atoms with Crippen molar-refractivity contribution in [2.75, 3.05) is 31.9 Å². The Morgan fingerprint density at radius 2 is 1.87 bits per heavy atom. The molecular formula is C22H23ClN2O5S. The van der Waals surface area contributed by atoms with Gasteiger partial charge in [0.2, 0.25) is 0 Å². The molecule has 0 spiro atoms. The van der Waals surface area contributed by atoms with E-state index in [-0.39, 0.29) is 34.7 Å². The second-order valence-electron chi connectivity index (χ2n) is 6.56. The fourth-order valence-electron chi connectivity index (χ4n) is 3.03. The van der Waals surface area contributed by atoms with Crippen LogP contribution in [0.1, 0.15) is 22.8 Å². The highest BCUT2D eigenvalue weighted by atomic mass is 35.5. The molecule has 2 aromatic rings. The van der Waals surface area contributed by atoms with Gasteiger partial charge in [-0.15, -0.1) is 11.8 Å². The number of amides is 2. The Balaban J connectivity index is 1.77. The number of benzene rings is 2. The van der Waals surface area contributed by atoms with Crippen LogP contribution >= 0.6 is 23.4 Å². The number of para-hydroxylation sites is 1. The largest absolute Gasteiger partial charge is 0.496 e. The molecule has 9 heteroatoms. The molecule has 31 heavy (non-hydrogen) atoms. The number of rotatable bonds is 7. The molecule has 1 aliphatic rings. The van der Waals surface area contributed by atoms with Gasteiger partial charge >= 0.3 is 0 Å². The SMILES string of the molecule is COc1ccccc1CNC(=O)c1cc(Cl)c(NC(=O)C2=C(C)OCCS2)cc1OC. The molecule has 2 amide bonds. The Bertz CT molecular complexity index is 1020. The Kier molecular flexibility index (Phi) is 7.70. The van der Waals surface area contributed by atoms with Crippen LogP contribution in [-0.2, 0) is 16.1 Å². The predicted molar refractivity (Wildman–Crippen MR) is 122 cm³/mol. The molecular weight excluding hydrogens is 440 g/mol. The minimum absolute atomic E-state index is 0.219. The van der Waals surface area contributed by atoms with Crippen molar-refractivity contribution in [3.8, 4) is 11.5 Å². The van der Waals surface area contributed by atoms with Crippen LogP contribution in [0.2, 0.25) is 5.02 Å². The van der Waals surface area contributed by atoms with Gasteiger partial charge in [0.1, 0.15) is 22.2 Å². The second kappa shape index (κ2) is 10.5. The quantitative estimate of drug-likeness (QED) is 0.640. The number of hydrogen-bond acceptors (Lipinski definition) is 6. The van der Waals surface area contributed by atoms with Crippen LogP contribution in [0.5, 0.6) is 11.5 Å². The zero-order valence-corrected chi connectivity index (χ0v) is 19.0. The van der Waals surface area contributed by atoms with Gasteiger partial charge in [0.25, 0.3) is 11.8 Å². The number of thioether (sulfide) groups is 1. The second-order valence-corrected chi connectivity index (χ2v) is 8.08.